The first-order valence-corrected chi connectivity index (χ1v) is 6.47. The van der Waals surface area contributed by atoms with E-state index in [9.17, 15) is 0 Å². The van der Waals surface area contributed by atoms with Crippen molar-refractivity contribution in [3.63, 3.8) is 0 Å². The summed E-state index contributed by atoms with van der Waals surface area (Å²) in [4.78, 5) is 5.36. The molecule has 0 aliphatic carbocycles. The largest absolute Gasteiger partial charge is 0.272 e. The smallest absolute Gasteiger partial charge is 0.0897 e. The van der Waals surface area contributed by atoms with Crippen LogP contribution in [-0.2, 0) is 6.54 Å². The third-order valence-electron chi connectivity index (χ3n) is 2.53. The van der Waals surface area contributed by atoms with E-state index in [2.05, 4.69) is 22.4 Å². The van der Waals surface area contributed by atoms with Gasteiger partial charge in [-0.2, -0.15) is 5.10 Å². The number of thiazole rings is 1. The van der Waals surface area contributed by atoms with Crippen LogP contribution < -0.4 is 11.3 Å². The lowest BCUT2D eigenvalue weighted by Gasteiger charge is -2.10. The molecule has 0 spiro atoms. The molecule has 1 unspecified atom stereocenters. The van der Waals surface area contributed by atoms with Crippen molar-refractivity contribution in [3.05, 3.63) is 34.0 Å². The zero-order chi connectivity index (χ0) is 12.3. The van der Waals surface area contributed by atoms with E-state index in [4.69, 9.17) is 5.84 Å². The third-order valence-corrected chi connectivity index (χ3v) is 3.51. The Balaban J connectivity index is 2.22. The summed E-state index contributed by atoms with van der Waals surface area (Å²) in [6, 6.07) is -0.0215. The van der Waals surface area contributed by atoms with E-state index in [1.54, 1.807) is 11.3 Å². The highest BCUT2D eigenvalue weighted by Gasteiger charge is 2.16. The minimum absolute atomic E-state index is 0.0215. The number of nitrogens with two attached hydrogens (primary N) is 1. The molecule has 2 heterocycles. The predicted octanol–water partition coefficient (Wildman–Crippen LogP) is 1.61. The van der Waals surface area contributed by atoms with E-state index in [1.165, 1.54) is 0 Å². The molecule has 0 saturated heterocycles. The van der Waals surface area contributed by atoms with Crippen molar-refractivity contribution >= 4 is 11.3 Å². The Kier molecular flexibility index (Phi) is 3.88. The van der Waals surface area contributed by atoms with Gasteiger partial charge in [0, 0.05) is 29.4 Å². The molecule has 92 valence electrons. The van der Waals surface area contributed by atoms with Crippen LogP contribution in [0.1, 0.15) is 34.8 Å². The van der Waals surface area contributed by atoms with Crippen LogP contribution in [0.4, 0.5) is 0 Å². The molecule has 2 aromatic rings. The number of rotatable bonds is 5. The van der Waals surface area contributed by atoms with Gasteiger partial charge in [-0.1, -0.05) is 6.92 Å². The lowest BCUT2D eigenvalue weighted by molar-refractivity contribution is 0.598. The molecule has 0 fully saturated rings. The fraction of sp³-hybridized carbons (Fsp3) is 0.455. The third kappa shape index (κ3) is 2.71. The van der Waals surface area contributed by atoms with Crippen LogP contribution in [0.3, 0.4) is 0 Å². The van der Waals surface area contributed by atoms with Gasteiger partial charge in [-0.25, -0.2) is 10.4 Å². The van der Waals surface area contributed by atoms with Gasteiger partial charge in [0.25, 0.3) is 0 Å². The second-order valence-electron chi connectivity index (χ2n) is 3.92. The van der Waals surface area contributed by atoms with Crippen molar-refractivity contribution in [1.82, 2.24) is 20.2 Å². The molecule has 6 heteroatoms. The van der Waals surface area contributed by atoms with Crippen LogP contribution in [0.15, 0.2) is 18.6 Å². The molecule has 3 N–H and O–H groups in total. The van der Waals surface area contributed by atoms with E-state index in [-0.39, 0.29) is 6.04 Å². The summed E-state index contributed by atoms with van der Waals surface area (Å²) in [5, 5.41) is 5.36. The van der Waals surface area contributed by atoms with E-state index in [0.717, 1.165) is 28.4 Å². The molecule has 0 radical (unpaired) electrons. The summed E-state index contributed by atoms with van der Waals surface area (Å²) in [6.07, 6.45) is 6.82. The summed E-state index contributed by atoms with van der Waals surface area (Å²) < 4.78 is 1.94. The molecule has 0 saturated carbocycles. The molecule has 0 aromatic carbocycles. The van der Waals surface area contributed by atoms with Crippen molar-refractivity contribution in [2.75, 3.05) is 0 Å². The van der Waals surface area contributed by atoms with Gasteiger partial charge in [-0.15, -0.1) is 11.3 Å². The lowest BCUT2D eigenvalue weighted by Crippen LogP contribution is -2.27. The number of nitrogens with one attached hydrogen (secondary N) is 1. The maximum Gasteiger partial charge on any atom is 0.0897 e. The lowest BCUT2D eigenvalue weighted by atomic mass is 10.1. The Bertz CT molecular complexity index is 476. The molecule has 2 aromatic heterocycles. The second-order valence-corrected chi connectivity index (χ2v) is 5.18. The zero-order valence-electron chi connectivity index (χ0n) is 10.1. The number of nitrogens with zero attached hydrogens (tertiary/aromatic N) is 3. The first-order chi connectivity index (χ1) is 8.24. The molecule has 1 atom stereocenters. The first kappa shape index (κ1) is 12.2. The highest BCUT2D eigenvalue weighted by molar-refractivity contribution is 7.11. The summed E-state index contributed by atoms with van der Waals surface area (Å²) in [5.41, 5.74) is 3.89. The van der Waals surface area contributed by atoms with Crippen LogP contribution in [0, 0.1) is 6.92 Å². The SMILES string of the molecule is CCCn1cc(C(NN)c2cnc(C)s2)cn1. The summed E-state index contributed by atoms with van der Waals surface area (Å²) in [5.74, 6) is 5.62. The number of hydrogen-bond acceptors (Lipinski definition) is 5. The average Bonchev–Trinajstić information content (AvgIpc) is 2.91. The van der Waals surface area contributed by atoms with Crippen molar-refractivity contribution in [2.24, 2.45) is 5.84 Å². The Labute approximate surface area is 105 Å². The van der Waals surface area contributed by atoms with E-state index >= 15 is 0 Å². The predicted molar refractivity (Wildman–Crippen MR) is 68.5 cm³/mol. The highest BCUT2D eigenvalue weighted by atomic mass is 32.1. The maximum atomic E-state index is 5.62. The van der Waals surface area contributed by atoms with Crippen LogP contribution in [0.25, 0.3) is 0 Å². The molecule has 0 aliphatic rings. The van der Waals surface area contributed by atoms with Gasteiger partial charge < -0.3 is 0 Å². The quantitative estimate of drug-likeness (QED) is 0.626. The monoisotopic (exact) mass is 251 g/mol. The van der Waals surface area contributed by atoms with Gasteiger partial charge in [-0.05, 0) is 13.3 Å². The van der Waals surface area contributed by atoms with E-state index in [0.29, 0.717) is 0 Å². The van der Waals surface area contributed by atoms with Gasteiger partial charge in [0.2, 0.25) is 0 Å². The Morgan fingerprint density at radius 1 is 1.53 bits per heavy atom. The Hall–Kier alpha value is -1.24. The fourth-order valence-corrected chi connectivity index (χ4v) is 2.61. The van der Waals surface area contributed by atoms with Gasteiger partial charge in [-0.3, -0.25) is 10.5 Å². The van der Waals surface area contributed by atoms with Gasteiger partial charge in [0.15, 0.2) is 0 Å². The number of hydrazine groups is 1. The minimum Gasteiger partial charge on any atom is -0.272 e. The summed E-state index contributed by atoms with van der Waals surface area (Å²) >= 11 is 1.65. The van der Waals surface area contributed by atoms with Crippen LogP contribution in [0.5, 0.6) is 0 Å². The zero-order valence-corrected chi connectivity index (χ0v) is 10.9. The normalized spacial score (nSPS) is 12.9. The molecule has 0 amide bonds. The van der Waals surface area contributed by atoms with Crippen molar-refractivity contribution in [3.8, 4) is 0 Å². The van der Waals surface area contributed by atoms with Crippen LogP contribution in [0.2, 0.25) is 0 Å². The molecular weight excluding hydrogens is 234 g/mol. The number of aromatic nitrogens is 3. The van der Waals surface area contributed by atoms with E-state index in [1.807, 2.05) is 30.2 Å². The highest BCUT2D eigenvalue weighted by Crippen LogP contribution is 2.25. The molecule has 2 rings (SSSR count). The van der Waals surface area contributed by atoms with Crippen molar-refractivity contribution in [2.45, 2.75) is 32.9 Å². The number of hydrogen-bond donors (Lipinski definition) is 2. The van der Waals surface area contributed by atoms with E-state index < -0.39 is 0 Å². The number of aryl methyl sites for hydroxylation is 2. The van der Waals surface area contributed by atoms with Crippen LogP contribution >= 0.6 is 11.3 Å². The molecular formula is C11H17N5S. The molecule has 17 heavy (non-hydrogen) atoms. The second kappa shape index (κ2) is 5.39. The van der Waals surface area contributed by atoms with Crippen molar-refractivity contribution in [1.29, 1.82) is 0 Å². The summed E-state index contributed by atoms with van der Waals surface area (Å²) in [6.45, 7) is 5.05. The maximum absolute atomic E-state index is 5.62. The first-order valence-electron chi connectivity index (χ1n) is 5.65. The van der Waals surface area contributed by atoms with Crippen molar-refractivity contribution < 1.29 is 0 Å². The standard InChI is InChI=1S/C11H17N5S/c1-3-4-16-7-9(5-14-16)11(15-12)10-6-13-8(2)17-10/h5-7,11,15H,3-4,12H2,1-2H3. The van der Waals surface area contributed by atoms with Gasteiger partial charge in [0.1, 0.15) is 0 Å². The molecule has 0 aliphatic heterocycles. The fourth-order valence-electron chi connectivity index (χ4n) is 1.73. The summed E-state index contributed by atoms with van der Waals surface area (Å²) in [7, 11) is 0. The Morgan fingerprint density at radius 2 is 2.35 bits per heavy atom. The minimum atomic E-state index is -0.0215. The molecule has 5 nitrogen and oxygen atoms in total. The average molecular weight is 251 g/mol. The van der Waals surface area contributed by atoms with Gasteiger partial charge >= 0.3 is 0 Å². The topological polar surface area (TPSA) is 68.8 Å². The van der Waals surface area contributed by atoms with Gasteiger partial charge in [0.05, 0.1) is 17.2 Å². The molecule has 0 bridgehead atoms. The van der Waals surface area contributed by atoms with Crippen LogP contribution in [-0.4, -0.2) is 14.8 Å². The Morgan fingerprint density at radius 3 is 2.94 bits per heavy atom.